The maximum Gasteiger partial charge on any atom is 0.229 e. The van der Waals surface area contributed by atoms with Crippen molar-refractivity contribution in [3.05, 3.63) is 155 Å². The summed E-state index contributed by atoms with van der Waals surface area (Å²) in [5.41, 5.74) is 10.1. The molecule has 6 rings (SSSR count). The normalized spacial score (nSPS) is 14.5. The number of benzene rings is 4. The van der Waals surface area contributed by atoms with Gasteiger partial charge in [0.05, 0.1) is 17.4 Å². The number of nitrogens with two attached hydrogens (primary N) is 1. The molecule has 0 bridgehead atoms. The van der Waals surface area contributed by atoms with Crippen LogP contribution in [0.3, 0.4) is 0 Å². The largest absolute Gasteiger partial charge is 1.00 e. The minimum Gasteiger partial charge on any atom is -1.00 e. The van der Waals surface area contributed by atoms with Gasteiger partial charge in [0.15, 0.2) is 0 Å². The standard InChI is InChI=1S/C35H32N2O4S.C9H21NO2S.C6H14.C3H7NO2S.H/c1-21-9-7-10-22(2)34(21)36-25-15-17-27-30(19-25)41-31-20-26(37-35-23(3)11-8-12-24(35)4)16-18-28(31)33(27)29-13-5-6-14-32(29)42(38,39)40;1-4-6-7-9(5-2)8-10-13(3,11)12;1-3-5-6-4-2;1-3-4-7(2,5)6;/h5-20,25,36-37H,1-4H3,(H,38,39,40);9-10H,4-8H2,1-3H3;3-6H2,1-2H3;3-4H,1H2,2H3;/q;;;;-1/i;;;;1+1. The smallest absolute Gasteiger partial charge is 0.229 e. The summed E-state index contributed by atoms with van der Waals surface area (Å²) in [7, 11) is -10.8. The lowest BCUT2D eigenvalue weighted by Crippen LogP contribution is -2.84. The van der Waals surface area contributed by atoms with E-state index in [1.54, 1.807) is 18.2 Å². The Labute approximate surface area is 409 Å². The highest BCUT2D eigenvalue weighted by molar-refractivity contribution is 7.89. The Morgan fingerprint density at radius 3 is 1.87 bits per heavy atom. The van der Waals surface area contributed by atoms with Crippen molar-refractivity contribution in [2.75, 3.05) is 24.4 Å². The van der Waals surface area contributed by atoms with E-state index in [2.05, 4.69) is 114 Å². The molecule has 1 aliphatic heterocycles. The van der Waals surface area contributed by atoms with Gasteiger partial charge in [-0.2, -0.15) is 0 Å². The van der Waals surface area contributed by atoms with Gasteiger partial charge in [0.1, 0.15) is 33.4 Å². The second kappa shape index (κ2) is 27.2. The van der Waals surface area contributed by atoms with Crippen LogP contribution in [0.25, 0.3) is 5.57 Å². The molecule has 68 heavy (non-hydrogen) atoms. The number of rotatable bonds is 18. The number of nitrogens with one attached hydrogen (secondary N) is 3. The molecule has 0 spiro atoms. The van der Waals surface area contributed by atoms with E-state index in [4.69, 9.17) is 4.74 Å². The number of hydrogen-bond acceptors (Lipinski definition) is 9. The van der Waals surface area contributed by atoms with Crippen LogP contribution in [0.2, 0.25) is 0 Å². The van der Waals surface area contributed by atoms with Gasteiger partial charge in [-0.15, -0.1) is 0 Å². The zero-order chi connectivity index (χ0) is 50.7. The fourth-order valence-corrected chi connectivity index (χ4v) is 9.17. The summed E-state index contributed by atoms with van der Waals surface area (Å²) < 4.78 is 89.9. The van der Waals surface area contributed by atoms with Crippen LogP contribution in [-0.2, 0) is 30.2 Å². The number of hydrogen-bond donors (Lipinski definition) is 4. The van der Waals surface area contributed by atoms with E-state index in [9.17, 15) is 29.8 Å². The molecule has 0 aromatic heterocycles. The van der Waals surface area contributed by atoms with Gasteiger partial charge in [-0.1, -0.05) is 134 Å². The molecule has 12 nitrogen and oxygen atoms in total. The Hall–Kier alpha value is -5.03. The van der Waals surface area contributed by atoms with E-state index < -0.39 is 30.2 Å². The van der Waals surface area contributed by atoms with E-state index in [0.29, 0.717) is 40.7 Å². The van der Waals surface area contributed by atoms with Crippen LogP contribution in [0.4, 0.5) is 17.1 Å². The summed E-state index contributed by atoms with van der Waals surface area (Å²) in [6.45, 7) is 20.8. The van der Waals surface area contributed by atoms with Crippen molar-refractivity contribution in [2.24, 2.45) is 5.92 Å². The van der Waals surface area contributed by atoms with Gasteiger partial charge >= 0.3 is 0 Å². The van der Waals surface area contributed by atoms with E-state index in [1.165, 1.54) is 67.7 Å². The second-order valence-electron chi connectivity index (χ2n) is 17.2. The predicted octanol–water partition coefficient (Wildman–Crippen LogP) is 10.6. The average Bonchev–Trinajstić information content (AvgIpc) is 3.27. The van der Waals surface area contributed by atoms with E-state index in [1.807, 2.05) is 41.1 Å². The van der Waals surface area contributed by atoms with Crippen molar-refractivity contribution in [3.8, 4) is 5.75 Å². The third-order valence-corrected chi connectivity index (χ3v) is 13.5. The maximum atomic E-state index is 12.4. The molecule has 2 unspecified atom stereocenters. The van der Waals surface area contributed by atoms with Crippen molar-refractivity contribution in [1.82, 2.24) is 9.44 Å². The van der Waals surface area contributed by atoms with Gasteiger partial charge in [0.2, 0.25) is 20.0 Å². The van der Waals surface area contributed by atoms with Crippen molar-refractivity contribution in [3.63, 3.8) is 0 Å². The topological polar surface area (TPSA) is 187 Å². The summed E-state index contributed by atoms with van der Waals surface area (Å²) in [4.78, 5) is -0.255. The highest BCUT2D eigenvalue weighted by Crippen LogP contribution is 2.45. The summed E-state index contributed by atoms with van der Waals surface area (Å²) in [6.07, 6.45) is 19.5. The fraction of sp³-hybridized carbons (Fsp3) is 0.396. The Balaban J connectivity index is 0.000000497. The first-order valence-corrected chi connectivity index (χ1v) is 28.6. The molecule has 1 aliphatic carbocycles. The highest BCUT2D eigenvalue weighted by Gasteiger charge is 2.30. The molecule has 0 radical (unpaired) electrons. The number of anilines is 2. The predicted molar refractivity (Wildman–Crippen MR) is 280 cm³/mol. The highest BCUT2D eigenvalue weighted by atomic mass is 32.2. The van der Waals surface area contributed by atoms with Gasteiger partial charge in [-0.05, 0) is 81.5 Å². The summed E-state index contributed by atoms with van der Waals surface area (Å²) in [6, 6.07) is 24.5. The van der Waals surface area contributed by atoms with Crippen LogP contribution in [0.15, 0.2) is 126 Å². The lowest BCUT2D eigenvalue weighted by molar-refractivity contribution is -0.588. The van der Waals surface area contributed by atoms with Crippen LogP contribution in [0.5, 0.6) is 5.75 Å². The van der Waals surface area contributed by atoms with Crippen LogP contribution in [0.1, 0.15) is 114 Å². The lowest BCUT2D eigenvalue weighted by atomic mass is 9.87. The summed E-state index contributed by atoms with van der Waals surface area (Å²) in [5, 5.41) is 5.73. The molecule has 2 aliphatic rings. The van der Waals surface area contributed by atoms with Crippen molar-refractivity contribution in [1.29, 1.82) is 0 Å². The summed E-state index contributed by atoms with van der Waals surface area (Å²) >= 11 is 0. The Kier molecular flexibility index (Phi) is 22.9. The van der Waals surface area contributed by atoms with Gasteiger partial charge in [-0.3, -0.25) is 4.72 Å². The molecule has 374 valence electrons. The Morgan fingerprint density at radius 2 is 1.35 bits per heavy atom. The molecular weight excluding hydrogens is 917 g/mol. The first-order chi connectivity index (χ1) is 32.1. The number of para-hydroxylation sites is 2. The molecule has 0 fully saturated rings. The molecule has 0 saturated heterocycles. The number of sulfonamides is 2. The van der Waals surface area contributed by atoms with Crippen molar-refractivity contribution in [2.45, 2.75) is 118 Å². The molecule has 4 aromatic rings. The number of allylic oxidation sites excluding steroid dienone is 1. The van der Waals surface area contributed by atoms with Gasteiger partial charge in [0.25, 0.3) is 0 Å². The Morgan fingerprint density at radius 1 is 0.765 bits per heavy atom. The van der Waals surface area contributed by atoms with Crippen molar-refractivity contribution >= 4 is 52.8 Å². The third kappa shape index (κ3) is 18.5. The lowest BCUT2D eigenvalue weighted by Gasteiger charge is -2.29. The monoisotopic (exact) mass is 992 g/mol. The zero-order valence-corrected chi connectivity index (χ0v) is 44.1. The van der Waals surface area contributed by atoms with Crippen LogP contribution >= 0.6 is 0 Å². The van der Waals surface area contributed by atoms with Gasteiger partial charge < -0.3 is 21.3 Å². The molecule has 5 N–H and O–H groups in total. The van der Waals surface area contributed by atoms with Crippen LogP contribution < -0.4 is 24.8 Å². The number of quaternary nitrogens is 1. The molecule has 2 atom stereocenters. The number of ether oxygens (including phenoxy) is 1. The Bertz CT molecular complexity index is 2710. The van der Waals surface area contributed by atoms with E-state index in [0.717, 1.165) is 53.4 Å². The third-order valence-electron chi connectivity index (χ3n) is 11.3. The minimum atomic E-state index is -4.73. The maximum absolute atomic E-state index is 12.4. The minimum absolute atomic E-state index is 0. The summed E-state index contributed by atoms with van der Waals surface area (Å²) in [5.74, 6) is 1.69. The molecular formula is C53H75N4O8S3-. The molecule has 15 heteroatoms. The van der Waals surface area contributed by atoms with Gasteiger partial charge in [-0.25, -0.2) is 30.0 Å². The quantitative estimate of drug-likeness (QED) is 0.0427. The molecule has 0 amide bonds. The SMILES string of the molecule is C=CNS(C)(=O)=O.CCCCC(CC)CNS(C)(=O)=O.CCCCCC.Cc1cccc(C)c1Nc1ccc2c(c1)OC1=CC([NH2+]c3c(C)cccc3C)C=CC1=C2c1ccccc1S(=O)(=O)[O-].[2H-]. The molecule has 0 saturated carbocycles. The average molecular weight is 993 g/mol. The van der Waals surface area contributed by atoms with Crippen LogP contribution in [-0.4, -0.2) is 54.9 Å². The first kappa shape index (κ1) is 57.3. The molecule has 1 heterocycles. The second-order valence-corrected chi connectivity index (χ2v) is 22.2. The van der Waals surface area contributed by atoms with Crippen molar-refractivity contribution < 1.29 is 41.3 Å². The van der Waals surface area contributed by atoms with E-state index in [-0.39, 0.29) is 12.4 Å². The number of aryl methyl sites for hydroxylation is 4. The number of unbranched alkanes of at least 4 members (excludes halogenated alkanes) is 4. The fourth-order valence-electron chi connectivity index (χ4n) is 7.65. The first-order valence-electron chi connectivity index (χ1n) is 23.4. The molecule has 4 aromatic carbocycles. The van der Waals surface area contributed by atoms with E-state index >= 15 is 0 Å². The number of fused-ring (bicyclic) bond motifs is 2. The zero-order valence-electron chi connectivity index (χ0n) is 42.6. The van der Waals surface area contributed by atoms with Gasteiger partial charge in [0, 0.05) is 69.7 Å². The van der Waals surface area contributed by atoms with Crippen LogP contribution in [0, 0.1) is 33.6 Å².